The molecule has 1 amide bonds. The van der Waals surface area contributed by atoms with E-state index in [1.807, 2.05) is 18.2 Å². The summed E-state index contributed by atoms with van der Waals surface area (Å²) < 4.78 is 0. The van der Waals surface area contributed by atoms with Gasteiger partial charge in [-0.25, -0.2) is 0 Å². The molecule has 1 aromatic rings. The molecule has 2 N–H and O–H groups in total. The van der Waals surface area contributed by atoms with Crippen LogP contribution >= 0.6 is 0 Å². The first kappa shape index (κ1) is 13.6. The molecule has 1 fully saturated rings. The summed E-state index contributed by atoms with van der Waals surface area (Å²) in [5, 5.41) is 12.0. The van der Waals surface area contributed by atoms with Gasteiger partial charge in [0.1, 0.15) is 5.41 Å². The molecule has 0 heterocycles. The third-order valence-corrected chi connectivity index (χ3v) is 3.86. The number of carboxylic acids is 1. The Bertz CT molecular complexity index is 504. The molecule has 19 heavy (non-hydrogen) atoms. The topological polar surface area (TPSA) is 66.4 Å². The van der Waals surface area contributed by atoms with Gasteiger partial charge < -0.3 is 10.4 Å². The Kier molecular flexibility index (Phi) is 3.60. The zero-order valence-corrected chi connectivity index (χ0v) is 11.3. The van der Waals surface area contributed by atoms with Crippen LogP contribution in [0.5, 0.6) is 0 Å². The zero-order valence-electron chi connectivity index (χ0n) is 11.3. The Morgan fingerprint density at radius 2 is 2.00 bits per heavy atom. The minimum absolute atomic E-state index is 0.369. The molecule has 0 unspecified atom stereocenters. The van der Waals surface area contributed by atoms with Crippen molar-refractivity contribution in [1.29, 1.82) is 0 Å². The van der Waals surface area contributed by atoms with Gasteiger partial charge in [0.05, 0.1) is 0 Å². The molecule has 4 heteroatoms. The molecule has 1 aliphatic rings. The van der Waals surface area contributed by atoms with Crippen LogP contribution in [0.3, 0.4) is 0 Å². The number of hydrogen-bond acceptors (Lipinski definition) is 2. The highest BCUT2D eigenvalue weighted by atomic mass is 16.4. The molecule has 4 nitrogen and oxygen atoms in total. The van der Waals surface area contributed by atoms with Gasteiger partial charge in [0.15, 0.2) is 0 Å². The smallest absolute Gasteiger partial charge is 0.319 e. The monoisotopic (exact) mass is 261 g/mol. The van der Waals surface area contributed by atoms with Crippen LogP contribution < -0.4 is 5.32 Å². The lowest BCUT2D eigenvalue weighted by Crippen LogP contribution is -2.48. The van der Waals surface area contributed by atoms with Gasteiger partial charge in [0.2, 0.25) is 5.91 Å². The summed E-state index contributed by atoms with van der Waals surface area (Å²) in [5.74, 6) is -1.04. The molecule has 0 bridgehead atoms. The van der Waals surface area contributed by atoms with Crippen LogP contribution in [0.15, 0.2) is 24.3 Å². The molecule has 0 aromatic heterocycles. The second kappa shape index (κ2) is 5.03. The second-order valence-electron chi connectivity index (χ2n) is 5.48. The summed E-state index contributed by atoms with van der Waals surface area (Å²) in [5.41, 5.74) is 0.577. The first-order valence-electron chi connectivity index (χ1n) is 6.60. The number of benzene rings is 1. The molecule has 102 valence electrons. The molecular weight excluding hydrogens is 242 g/mol. The van der Waals surface area contributed by atoms with Crippen LogP contribution in [0.4, 0.5) is 5.69 Å². The largest absolute Gasteiger partial charge is 0.480 e. The van der Waals surface area contributed by atoms with Gasteiger partial charge >= 0.3 is 5.97 Å². The minimum atomic E-state index is -1.21. The molecule has 0 spiro atoms. The Labute approximate surface area is 112 Å². The quantitative estimate of drug-likeness (QED) is 0.819. The first-order chi connectivity index (χ1) is 8.95. The highest BCUT2D eigenvalue weighted by Gasteiger charge is 2.51. The van der Waals surface area contributed by atoms with Gasteiger partial charge in [-0.1, -0.05) is 32.4 Å². The third kappa shape index (κ3) is 2.48. The standard InChI is InChI=1S/C15H19NO3/c1-10(2)11-5-3-6-12(9-11)16-13(17)15(14(18)19)7-4-8-15/h3,5-6,9-10H,4,7-8H2,1-2H3,(H,16,17)(H,18,19). The van der Waals surface area contributed by atoms with E-state index in [1.165, 1.54) is 0 Å². The van der Waals surface area contributed by atoms with E-state index in [4.69, 9.17) is 0 Å². The van der Waals surface area contributed by atoms with E-state index in [-0.39, 0.29) is 0 Å². The van der Waals surface area contributed by atoms with Crippen molar-refractivity contribution >= 4 is 17.6 Å². The predicted molar refractivity (Wildman–Crippen MR) is 73.1 cm³/mol. The first-order valence-corrected chi connectivity index (χ1v) is 6.60. The molecule has 0 radical (unpaired) electrons. The van der Waals surface area contributed by atoms with Crippen molar-refractivity contribution in [3.05, 3.63) is 29.8 Å². The van der Waals surface area contributed by atoms with Crippen molar-refractivity contribution in [2.75, 3.05) is 5.32 Å². The molecule has 2 rings (SSSR count). The van der Waals surface area contributed by atoms with Crippen LogP contribution in [-0.2, 0) is 9.59 Å². The van der Waals surface area contributed by atoms with E-state index in [9.17, 15) is 14.7 Å². The minimum Gasteiger partial charge on any atom is -0.480 e. The Balaban J connectivity index is 2.15. The van der Waals surface area contributed by atoms with Gasteiger partial charge in [0, 0.05) is 5.69 Å². The van der Waals surface area contributed by atoms with E-state index in [0.717, 1.165) is 12.0 Å². The molecule has 1 aliphatic carbocycles. The molecule has 1 aromatic carbocycles. The maximum Gasteiger partial charge on any atom is 0.319 e. The van der Waals surface area contributed by atoms with Crippen LogP contribution in [0, 0.1) is 5.41 Å². The number of amides is 1. The van der Waals surface area contributed by atoms with E-state index in [0.29, 0.717) is 24.4 Å². The average molecular weight is 261 g/mol. The van der Waals surface area contributed by atoms with E-state index in [1.54, 1.807) is 6.07 Å². The summed E-state index contributed by atoms with van der Waals surface area (Å²) in [7, 11) is 0. The third-order valence-electron chi connectivity index (χ3n) is 3.86. The number of carbonyl (C=O) groups excluding carboxylic acids is 1. The van der Waals surface area contributed by atoms with Crippen LogP contribution in [-0.4, -0.2) is 17.0 Å². The highest BCUT2D eigenvalue weighted by molar-refractivity contribution is 6.09. The van der Waals surface area contributed by atoms with E-state index >= 15 is 0 Å². The van der Waals surface area contributed by atoms with Crippen molar-refractivity contribution in [2.24, 2.45) is 5.41 Å². The number of nitrogens with one attached hydrogen (secondary N) is 1. The predicted octanol–water partition coefficient (Wildman–Crippen LogP) is 3.00. The van der Waals surface area contributed by atoms with Crippen molar-refractivity contribution in [1.82, 2.24) is 0 Å². The van der Waals surface area contributed by atoms with Crippen molar-refractivity contribution in [3.8, 4) is 0 Å². The Morgan fingerprint density at radius 1 is 1.32 bits per heavy atom. The lowest BCUT2D eigenvalue weighted by molar-refractivity contribution is -0.159. The van der Waals surface area contributed by atoms with Gasteiger partial charge in [0.25, 0.3) is 0 Å². The number of rotatable bonds is 4. The Morgan fingerprint density at radius 3 is 2.47 bits per heavy atom. The number of anilines is 1. The maximum atomic E-state index is 12.1. The zero-order chi connectivity index (χ0) is 14.0. The number of carbonyl (C=O) groups is 2. The van der Waals surface area contributed by atoms with Gasteiger partial charge in [-0.15, -0.1) is 0 Å². The van der Waals surface area contributed by atoms with Gasteiger partial charge in [-0.3, -0.25) is 9.59 Å². The number of aliphatic carboxylic acids is 1. The van der Waals surface area contributed by atoms with Gasteiger partial charge in [-0.05, 0) is 36.5 Å². The average Bonchev–Trinajstić information content (AvgIpc) is 2.26. The molecule has 0 aliphatic heterocycles. The van der Waals surface area contributed by atoms with Crippen LogP contribution in [0.1, 0.15) is 44.6 Å². The second-order valence-corrected chi connectivity index (χ2v) is 5.48. The van der Waals surface area contributed by atoms with Crippen LogP contribution in [0.2, 0.25) is 0 Å². The molecular formula is C15H19NO3. The number of hydrogen-bond donors (Lipinski definition) is 2. The Hall–Kier alpha value is -1.84. The summed E-state index contributed by atoms with van der Waals surface area (Å²) in [6, 6.07) is 7.56. The van der Waals surface area contributed by atoms with E-state index in [2.05, 4.69) is 19.2 Å². The van der Waals surface area contributed by atoms with Crippen molar-refractivity contribution < 1.29 is 14.7 Å². The van der Waals surface area contributed by atoms with Gasteiger partial charge in [-0.2, -0.15) is 0 Å². The summed E-state index contributed by atoms with van der Waals surface area (Å²) >= 11 is 0. The fraction of sp³-hybridized carbons (Fsp3) is 0.467. The SMILES string of the molecule is CC(C)c1cccc(NC(=O)C2(C(=O)O)CCC2)c1. The normalized spacial score (nSPS) is 16.8. The molecule has 1 saturated carbocycles. The molecule has 0 atom stereocenters. The summed E-state index contributed by atoms with van der Waals surface area (Å²) in [6.45, 7) is 4.15. The fourth-order valence-electron chi connectivity index (χ4n) is 2.29. The summed E-state index contributed by atoms with van der Waals surface area (Å²) in [6.07, 6.45) is 1.65. The lowest BCUT2D eigenvalue weighted by atomic mass is 9.68. The maximum absolute atomic E-state index is 12.1. The summed E-state index contributed by atoms with van der Waals surface area (Å²) in [4.78, 5) is 23.4. The van der Waals surface area contributed by atoms with Crippen molar-refractivity contribution in [2.45, 2.75) is 39.0 Å². The highest BCUT2D eigenvalue weighted by Crippen LogP contribution is 2.42. The van der Waals surface area contributed by atoms with E-state index < -0.39 is 17.3 Å². The fourth-order valence-corrected chi connectivity index (χ4v) is 2.29. The lowest BCUT2D eigenvalue weighted by Gasteiger charge is -2.35. The number of carboxylic acid groups (broad SMARTS) is 1. The molecule has 0 saturated heterocycles. The van der Waals surface area contributed by atoms with Crippen LogP contribution in [0.25, 0.3) is 0 Å². The van der Waals surface area contributed by atoms with Crippen molar-refractivity contribution in [3.63, 3.8) is 0 Å².